The molecular formula is C12H11N5. The Balaban J connectivity index is 2.26. The van der Waals surface area contributed by atoms with Gasteiger partial charge in [0, 0.05) is 17.8 Å². The number of nitrogens with zero attached hydrogens (tertiary/aromatic N) is 4. The van der Waals surface area contributed by atoms with Crippen molar-refractivity contribution in [2.45, 2.75) is 6.92 Å². The number of aryl methyl sites for hydroxylation is 1. The largest absolute Gasteiger partial charge is 0.366 e. The number of aromatic nitrogens is 4. The number of anilines is 1. The monoisotopic (exact) mass is 225 g/mol. The maximum atomic E-state index is 5.59. The van der Waals surface area contributed by atoms with E-state index >= 15 is 0 Å². The summed E-state index contributed by atoms with van der Waals surface area (Å²) in [5.74, 6) is 0.998. The molecule has 0 saturated heterocycles. The van der Waals surface area contributed by atoms with E-state index in [1.807, 2.05) is 31.2 Å². The van der Waals surface area contributed by atoms with Crippen molar-refractivity contribution in [2.24, 2.45) is 0 Å². The van der Waals surface area contributed by atoms with Crippen LogP contribution in [0.3, 0.4) is 0 Å². The zero-order chi connectivity index (χ0) is 11.8. The fraction of sp³-hybridized carbons (Fsp3) is 0.0833. The molecule has 2 N–H and O–H groups in total. The van der Waals surface area contributed by atoms with Crippen LogP contribution in [0.5, 0.6) is 0 Å². The summed E-state index contributed by atoms with van der Waals surface area (Å²) in [4.78, 5) is 8.43. The van der Waals surface area contributed by atoms with Crippen LogP contribution in [0.15, 0.2) is 36.5 Å². The number of rotatable bonds is 1. The molecule has 0 atom stereocenters. The summed E-state index contributed by atoms with van der Waals surface area (Å²) >= 11 is 0. The van der Waals surface area contributed by atoms with Crippen molar-refractivity contribution in [3.63, 3.8) is 0 Å². The van der Waals surface area contributed by atoms with Crippen molar-refractivity contribution in [1.82, 2.24) is 19.6 Å². The Morgan fingerprint density at radius 3 is 2.65 bits per heavy atom. The van der Waals surface area contributed by atoms with Gasteiger partial charge in [0.2, 0.25) is 5.95 Å². The number of benzene rings is 1. The molecule has 0 fully saturated rings. The number of nitrogen functional groups attached to an aromatic ring is 1. The summed E-state index contributed by atoms with van der Waals surface area (Å²) in [5, 5.41) is 4.13. The van der Waals surface area contributed by atoms with E-state index in [4.69, 9.17) is 5.73 Å². The minimum absolute atomic E-state index is 0.256. The number of nitrogens with two attached hydrogens (primary N) is 1. The Bertz CT molecular complexity index is 669. The molecule has 0 amide bonds. The lowest BCUT2D eigenvalue weighted by Gasteiger charge is -2.02. The normalized spacial score (nSPS) is 10.9. The second kappa shape index (κ2) is 3.55. The Hall–Kier alpha value is -2.43. The molecule has 0 radical (unpaired) electrons. The van der Waals surface area contributed by atoms with Gasteiger partial charge in [0.1, 0.15) is 0 Å². The summed E-state index contributed by atoms with van der Waals surface area (Å²) < 4.78 is 1.65. The Labute approximate surface area is 97.9 Å². The van der Waals surface area contributed by atoms with Crippen molar-refractivity contribution in [1.29, 1.82) is 0 Å². The Kier molecular flexibility index (Phi) is 2.04. The fourth-order valence-corrected chi connectivity index (χ4v) is 1.73. The highest BCUT2D eigenvalue weighted by Gasteiger charge is 2.07. The molecule has 84 valence electrons. The van der Waals surface area contributed by atoms with Gasteiger partial charge in [-0.15, -0.1) is 5.10 Å². The van der Waals surface area contributed by atoms with Crippen molar-refractivity contribution >= 4 is 11.6 Å². The molecule has 0 unspecified atom stereocenters. The van der Waals surface area contributed by atoms with E-state index in [2.05, 4.69) is 15.1 Å². The van der Waals surface area contributed by atoms with Crippen LogP contribution < -0.4 is 5.73 Å². The van der Waals surface area contributed by atoms with Gasteiger partial charge in [0.25, 0.3) is 0 Å². The first-order chi connectivity index (χ1) is 8.24. The van der Waals surface area contributed by atoms with Crippen LogP contribution in [0.4, 0.5) is 5.95 Å². The molecule has 2 aromatic heterocycles. The third-order valence-electron chi connectivity index (χ3n) is 2.58. The molecule has 3 aromatic rings. The highest BCUT2D eigenvalue weighted by Crippen LogP contribution is 2.18. The number of hydrogen-bond donors (Lipinski definition) is 1. The van der Waals surface area contributed by atoms with Gasteiger partial charge in [-0.25, -0.2) is 4.98 Å². The predicted octanol–water partition coefficient (Wildman–Crippen LogP) is 1.68. The third-order valence-corrected chi connectivity index (χ3v) is 2.58. The minimum atomic E-state index is 0.256. The van der Waals surface area contributed by atoms with Crippen LogP contribution in [-0.2, 0) is 0 Å². The zero-order valence-corrected chi connectivity index (χ0v) is 9.33. The van der Waals surface area contributed by atoms with Crippen molar-refractivity contribution in [3.05, 3.63) is 42.1 Å². The van der Waals surface area contributed by atoms with E-state index in [0.29, 0.717) is 5.65 Å². The lowest BCUT2D eigenvalue weighted by Crippen LogP contribution is -1.97. The minimum Gasteiger partial charge on any atom is -0.366 e. The van der Waals surface area contributed by atoms with Crippen LogP contribution in [0.25, 0.3) is 17.0 Å². The quantitative estimate of drug-likeness (QED) is 0.684. The molecule has 2 heterocycles. The molecule has 17 heavy (non-hydrogen) atoms. The SMILES string of the molecule is Cc1ccc(-c2nccc3nc(N)nn23)cc1. The molecule has 0 saturated carbocycles. The van der Waals surface area contributed by atoms with E-state index in [0.717, 1.165) is 11.4 Å². The van der Waals surface area contributed by atoms with E-state index in [9.17, 15) is 0 Å². The van der Waals surface area contributed by atoms with Crippen molar-refractivity contribution in [2.75, 3.05) is 5.73 Å². The van der Waals surface area contributed by atoms with Crippen LogP contribution in [0, 0.1) is 6.92 Å². The van der Waals surface area contributed by atoms with Gasteiger partial charge in [-0.1, -0.05) is 29.8 Å². The van der Waals surface area contributed by atoms with Gasteiger partial charge < -0.3 is 5.73 Å². The molecule has 5 heteroatoms. The Morgan fingerprint density at radius 2 is 1.88 bits per heavy atom. The molecule has 0 aliphatic rings. The lowest BCUT2D eigenvalue weighted by molar-refractivity contribution is 0.939. The molecular weight excluding hydrogens is 214 g/mol. The van der Waals surface area contributed by atoms with Gasteiger partial charge in [0.05, 0.1) is 0 Å². The maximum absolute atomic E-state index is 5.59. The summed E-state index contributed by atoms with van der Waals surface area (Å²) in [6, 6.07) is 9.87. The van der Waals surface area contributed by atoms with E-state index in [-0.39, 0.29) is 5.95 Å². The first kappa shape index (κ1) is 9.77. The van der Waals surface area contributed by atoms with Crippen molar-refractivity contribution < 1.29 is 0 Å². The summed E-state index contributed by atoms with van der Waals surface area (Å²) in [7, 11) is 0. The summed E-state index contributed by atoms with van der Waals surface area (Å²) in [6.07, 6.45) is 1.71. The van der Waals surface area contributed by atoms with Crippen LogP contribution in [0.1, 0.15) is 5.56 Å². The molecule has 1 aromatic carbocycles. The van der Waals surface area contributed by atoms with Gasteiger partial charge in [-0.3, -0.25) is 0 Å². The van der Waals surface area contributed by atoms with Crippen molar-refractivity contribution in [3.8, 4) is 11.4 Å². The molecule has 3 rings (SSSR count). The second-order valence-electron chi connectivity index (χ2n) is 3.87. The first-order valence-corrected chi connectivity index (χ1v) is 5.28. The summed E-state index contributed by atoms with van der Waals surface area (Å²) in [5.41, 5.74) is 8.49. The van der Waals surface area contributed by atoms with Gasteiger partial charge in [-0.2, -0.15) is 9.50 Å². The average Bonchev–Trinajstić information content (AvgIpc) is 2.70. The standard InChI is InChI=1S/C12H11N5/c1-8-2-4-9(5-3-8)11-14-7-6-10-15-12(13)16-17(10)11/h2-7H,1H3,(H2,13,16). The van der Waals surface area contributed by atoms with Gasteiger partial charge >= 0.3 is 0 Å². The Morgan fingerprint density at radius 1 is 1.12 bits per heavy atom. The third kappa shape index (κ3) is 1.61. The molecule has 0 bridgehead atoms. The number of fused-ring (bicyclic) bond motifs is 1. The average molecular weight is 225 g/mol. The van der Waals surface area contributed by atoms with E-state index < -0.39 is 0 Å². The highest BCUT2D eigenvalue weighted by atomic mass is 15.3. The summed E-state index contributed by atoms with van der Waals surface area (Å²) in [6.45, 7) is 2.05. The smallest absolute Gasteiger partial charge is 0.240 e. The fourth-order valence-electron chi connectivity index (χ4n) is 1.73. The maximum Gasteiger partial charge on any atom is 0.240 e. The second-order valence-corrected chi connectivity index (χ2v) is 3.87. The van der Waals surface area contributed by atoms with Gasteiger partial charge in [-0.05, 0) is 6.92 Å². The topological polar surface area (TPSA) is 69.1 Å². The predicted molar refractivity (Wildman–Crippen MR) is 65.4 cm³/mol. The zero-order valence-electron chi connectivity index (χ0n) is 9.33. The van der Waals surface area contributed by atoms with Crippen LogP contribution >= 0.6 is 0 Å². The molecule has 5 nitrogen and oxygen atoms in total. The lowest BCUT2D eigenvalue weighted by atomic mass is 10.1. The van der Waals surface area contributed by atoms with E-state index in [1.54, 1.807) is 16.8 Å². The molecule has 0 aliphatic heterocycles. The highest BCUT2D eigenvalue weighted by molar-refractivity contribution is 5.59. The number of hydrogen-bond acceptors (Lipinski definition) is 4. The first-order valence-electron chi connectivity index (χ1n) is 5.28. The molecule has 0 spiro atoms. The van der Waals surface area contributed by atoms with Gasteiger partial charge in [0.15, 0.2) is 11.5 Å². The van der Waals surface area contributed by atoms with Crippen LogP contribution in [0.2, 0.25) is 0 Å². The van der Waals surface area contributed by atoms with Crippen LogP contribution in [-0.4, -0.2) is 19.6 Å². The van der Waals surface area contributed by atoms with E-state index in [1.165, 1.54) is 5.56 Å². The molecule has 0 aliphatic carbocycles.